The van der Waals surface area contributed by atoms with Crippen molar-refractivity contribution in [3.63, 3.8) is 0 Å². The molecule has 4 aliphatic carbocycles. The maximum absolute atomic E-state index is 13.1. The first-order chi connectivity index (χ1) is 24.7. The van der Waals surface area contributed by atoms with Gasteiger partial charge in [-0.15, -0.1) is 0 Å². The van der Waals surface area contributed by atoms with Crippen LogP contribution < -0.4 is 15.8 Å². The molecule has 268 valence electrons. The average Bonchev–Trinajstić information content (AvgIpc) is 3.52. The van der Waals surface area contributed by atoms with Gasteiger partial charge < -0.3 is 20.7 Å². The number of nitro benzene ring substituents is 1. The van der Waals surface area contributed by atoms with Gasteiger partial charge in [0.1, 0.15) is 23.6 Å². The van der Waals surface area contributed by atoms with E-state index in [9.17, 15) is 14.9 Å². The number of nitrogens with two attached hydrogens (primary N) is 1. The highest BCUT2D eigenvalue weighted by Crippen LogP contribution is 2.61. The predicted molar refractivity (Wildman–Crippen MR) is 195 cm³/mol. The van der Waals surface area contributed by atoms with Crippen LogP contribution in [0.1, 0.15) is 77.2 Å². The number of benzene rings is 2. The second-order valence-corrected chi connectivity index (χ2v) is 15.8. The van der Waals surface area contributed by atoms with Crippen molar-refractivity contribution in [2.45, 2.75) is 77.2 Å². The number of hydrogen-bond donors (Lipinski definition) is 2. The minimum absolute atomic E-state index is 0.0504. The quantitative estimate of drug-likeness (QED) is 0.116. The third-order valence-corrected chi connectivity index (χ3v) is 12.3. The first-order valence-corrected chi connectivity index (χ1v) is 18.7. The van der Waals surface area contributed by atoms with E-state index in [1.165, 1.54) is 57.3 Å². The molecule has 0 spiro atoms. The van der Waals surface area contributed by atoms with Gasteiger partial charge in [-0.1, -0.05) is 25.1 Å². The molecule has 1 atom stereocenters. The van der Waals surface area contributed by atoms with Crippen molar-refractivity contribution in [3.8, 4) is 22.8 Å². The minimum atomic E-state index is -0.455. The smallest absolute Gasteiger partial charge is 0.312 e. The summed E-state index contributed by atoms with van der Waals surface area (Å²) >= 11 is 0. The van der Waals surface area contributed by atoms with Gasteiger partial charge in [0, 0.05) is 43.7 Å². The Balaban J connectivity index is 0.879. The Morgan fingerprint density at radius 2 is 1.76 bits per heavy atom. The molecular formula is C39H48N8O4. The number of carbonyl (C=O) groups excluding carboxylic acids is 1. The van der Waals surface area contributed by atoms with E-state index < -0.39 is 4.92 Å². The number of nitrogens with one attached hydrogen (secondary N) is 1. The van der Waals surface area contributed by atoms with Gasteiger partial charge in [0.15, 0.2) is 5.65 Å². The van der Waals surface area contributed by atoms with Crippen molar-refractivity contribution in [2.24, 2.45) is 29.1 Å². The molecule has 0 unspecified atom stereocenters. The van der Waals surface area contributed by atoms with Crippen LogP contribution in [0.3, 0.4) is 0 Å². The lowest BCUT2D eigenvalue weighted by Gasteiger charge is -2.57. The van der Waals surface area contributed by atoms with E-state index in [0.29, 0.717) is 40.0 Å². The van der Waals surface area contributed by atoms with Crippen LogP contribution in [-0.2, 0) is 4.79 Å². The van der Waals surface area contributed by atoms with Gasteiger partial charge in [-0.25, -0.2) is 14.6 Å². The molecule has 1 aliphatic heterocycles. The summed E-state index contributed by atoms with van der Waals surface area (Å²) < 4.78 is 7.75. The highest BCUT2D eigenvalue weighted by molar-refractivity contribution is 5.98. The number of anilines is 1. The van der Waals surface area contributed by atoms with Crippen LogP contribution in [0.2, 0.25) is 0 Å². The van der Waals surface area contributed by atoms with Crippen molar-refractivity contribution in [1.29, 1.82) is 0 Å². The number of fused-ring (bicyclic) bond motifs is 1. The van der Waals surface area contributed by atoms with Crippen molar-refractivity contribution >= 4 is 28.4 Å². The van der Waals surface area contributed by atoms with Gasteiger partial charge in [-0.05, 0) is 112 Å². The van der Waals surface area contributed by atoms with Gasteiger partial charge in [0.25, 0.3) is 0 Å². The summed E-state index contributed by atoms with van der Waals surface area (Å²) in [7, 11) is 0. The number of amides is 1. The number of hydrogen-bond acceptors (Lipinski definition) is 9. The topological polar surface area (TPSA) is 154 Å². The Bertz CT molecular complexity index is 1870. The van der Waals surface area contributed by atoms with E-state index >= 15 is 0 Å². The van der Waals surface area contributed by atoms with Crippen molar-refractivity contribution in [2.75, 3.05) is 31.9 Å². The van der Waals surface area contributed by atoms with Crippen molar-refractivity contribution in [3.05, 3.63) is 65.0 Å². The second kappa shape index (κ2) is 13.9. The summed E-state index contributed by atoms with van der Waals surface area (Å²) in [5.41, 5.74) is 8.36. The van der Waals surface area contributed by atoms with E-state index in [0.717, 1.165) is 56.7 Å². The lowest BCUT2D eigenvalue weighted by atomic mass is 9.48. The molecule has 9 rings (SSSR count). The summed E-state index contributed by atoms with van der Waals surface area (Å²) in [4.78, 5) is 35.9. The summed E-state index contributed by atoms with van der Waals surface area (Å²) in [6.45, 7) is 5.27. The zero-order valence-corrected chi connectivity index (χ0v) is 29.4. The summed E-state index contributed by atoms with van der Waals surface area (Å²) in [5, 5.41) is 20.9. The van der Waals surface area contributed by atoms with Crippen LogP contribution in [0.25, 0.3) is 22.3 Å². The van der Waals surface area contributed by atoms with Crippen LogP contribution >= 0.6 is 0 Å². The highest BCUT2D eigenvalue weighted by Gasteiger charge is 2.50. The number of piperidine rings is 1. The number of aromatic nitrogens is 4. The molecule has 1 saturated heterocycles. The maximum atomic E-state index is 13.1. The van der Waals surface area contributed by atoms with Crippen molar-refractivity contribution in [1.82, 2.24) is 30.0 Å². The number of carbonyl (C=O) groups is 1. The molecule has 3 N–H and O–H groups in total. The molecule has 3 heterocycles. The second-order valence-electron chi connectivity index (χ2n) is 15.8. The van der Waals surface area contributed by atoms with Crippen LogP contribution in [0, 0.1) is 39.2 Å². The lowest BCUT2D eigenvalue weighted by molar-refractivity contribution is -0.385. The highest BCUT2D eigenvalue weighted by atomic mass is 16.6. The molecule has 1 amide bonds. The summed E-state index contributed by atoms with van der Waals surface area (Å²) in [6.07, 6.45) is 13.9. The van der Waals surface area contributed by atoms with Gasteiger partial charge in [0.05, 0.1) is 16.4 Å². The first-order valence-electron chi connectivity index (χ1n) is 18.7. The molecule has 51 heavy (non-hydrogen) atoms. The van der Waals surface area contributed by atoms with E-state index in [-0.39, 0.29) is 35.1 Å². The minimum Gasteiger partial charge on any atom is -0.450 e. The Morgan fingerprint density at radius 3 is 2.45 bits per heavy atom. The van der Waals surface area contributed by atoms with Gasteiger partial charge in [-0.3, -0.25) is 14.9 Å². The van der Waals surface area contributed by atoms with E-state index in [1.807, 2.05) is 22.9 Å². The lowest BCUT2D eigenvalue weighted by Crippen LogP contribution is -2.46. The van der Waals surface area contributed by atoms with Crippen LogP contribution in [0.5, 0.6) is 11.5 Å². The molecule has 2 aromatic heterocycles. The fourth-order valence-corrected chi connectivity index (χ4v) is 10.1. The Kier molecular flexibility index (Phi) is 9.12. The largest absolute Gasteiger partial charge is 0.450 e. The zero-order chi connectivity index (χ0) is 35.1. The number of rotatable bonds is 12. The molecule has 2 aromatic carbocycles. The number of likely N-dealkylation sites (tertiary alicyclic amines) is 1. The number of nitrogen functional groups attached to an aromatic ring is 1. The third kappa shape index (κ3) is 6.90. The Morgan fingerprint density at radius 1 is 1.06 bits per heavy atom. The number of ether oxygens (including phenoxy) is 1. The monoisotopic (exact) mass is 692 g/mol. The van der Waals surface area contributed by atoms with E-state index in [4.69, 9.17) is 15.6 Å². The Labute approximate surface area is 298 Å². The van der Waals surface area contributed by atoms with Gasteiger partial charge in [0.2, 0.25) is 11.7 Å². The molecule has 4 bridgehead atoms. The zero-order valence-electron chi connectivity index (χ0n) is 29.4. The van der Waals surface area contributed by atoms with Crippen molar-refractivity contribution < 1.29 is 14.5 Å². The molecule has 12 heteroatoms. The summed E-state index contributed by atoms with van der Waals surface area (Å²) in [6, 6.07) is 13.9. The van der Waals surface area contributed by atoms with Crippen LogP contribution in [-0.4, -0.2) is 61.7 Å². The molecule has 5 aliphatic rings. The SMILES string of the molecule is C[C@H](CCC12CC3CC(CC(C3)C1)C2)C(=O)NCCN1CCC(n2nc(-c3ccc(Oc4ccccc4)c([N+](=O)[O-])c3)c3c(N)ncnc32)CC1. The van der Waals surface area contributed by atoms with Crippen LogP contribution in [0.4, 0.5) is 11.5 Å². The molecule has 0 radical (unpaired) electrons. The summed E-state index contributed by atoms with van der Waals surface area (Å²) in [5.74, 6) is 4.00. The molecule has 4 saturated carbocycles. The molecule has 12 nitrogen and oxygen atoms in total. The van der Waals surface area contributed by atoms with Crippen LogP contribution in [0.15, 0.2) is 54.9 Å². The number of para-hydroxylation sites is 1. The first kappa shape index (κ1) is 33.6. The van der Waals surface area contributed by atoms with E-state index in [2.05, 4.69) is 27.1 Å². The fraction of sp³-hybridized carbons (Fsp3) is 0.538. The normalized spacial score (nSPS) is 25.2. The van der Waals surface area contributed by atoms with Gasteiger partial charge >= 0.3 is 5.69 Å². The fourth-order valence-electron chi connectivity index (χ4n) is 10.1. The maximum Gasteiger partial charge on any atom is 0.312 e. The predicted octanol–water partition coefficient (Wildman–Crippen LogP) is 7.16. The average molecular weight is 693 g/mol. The van der Waals surface area contributed by atoms with E-state index in [1.54, 1.807) is 24.3 Å². The standard InChI is InChI=1S/C39H48N8O4/c1-25(9-12-39-21-26-17-27(22-39)19-28(18-26)23-39)38(48)41-13-16-45-14-10-30(11-15-45)46-37-34(36(40)42-24-43-37)35(44-46)29-7-8-33(32(20-29)47(49)50)51-31-5-3-2-4-6-31/h2-8,20,24-28,30H,9-19,21-23H2,1H3,(H,41,48)(H2,40,42,43)/t25-,26?,27?,28?,39?/m1/s1. The molecule has 5 fully saturated rings. The number of nitrogens with zero attached hydrogens (tertiary/aromatic N) is 6. The molecular weight excluding hydrogens is 644 g/mol. The Hall–Kier alpha value is -4.58. The number of nitro groups is 1. The van der Waals surface area contributed by atoms with Gasteiger partial charge in [-0.2, -0.15) is 5.10 Å². The molecule has 4 aromatic rings. The third-order valence-electron chi connectivity index (χ3n) is 12.3.